The lowest BCUT2D eigenvalue weighted by Crippen LogP contribution is -2.44. The standard InChI is InChI=1S/C21H27N5O/c1-15-5-6-17(14-23-15)25-21(27)24-13-16-3-2-4-19-18(16)7-8-20(19)26-11-9-22-10-12-26/h2-6,14,20,22H,7-13H2,1H3,(H2,24,25,27). The third-order valence-electron chi connectivity index (χ3n) is 5.54. The summed E-state index contributed by atoms with van der Waals surface area (Å²) in [7, 11) is 0. The van der Waals surface area contributed by atoms with E-state index in [9.17, 15) is 4.79 Å². The fourth-order valence-corrected chi connectivity index (χ4v) is 4.14. The topological polar surface area (TPSA) is 69.3 Å². The Morgan fingerprint density at radius 3 is 2.89 bits per heavy atom. The number of aromatic nitrogens is 1. The number of pyridine rings is 1. The van der Waals surface area contributed by atoms with E-state index in [-0.39, 0.29) is 6.03 Å². The summed E-state index contributed by atoms with van der Waals surface area (Å²) in [4.78, 5) is 19.0. The van der Waals surface area contributed by atoms with E-state index in [0.29, 0.717) is 18.3 Å². The number of nitrogens with zero attached hydrogens (tertiary/aromatic N) is 2. The number of hydrogen-bond acceptors (Lipinski definition) is 4. The third kappa shape index (κ3) is 4.12. The number of piperazine rings is 1. The molecule has 0 spiro atoms. The molecule has 2 aliphatic rings. The van der Waals surface area contributed by atoms with Crippen molar-refractivity contribution >= 4 is 11.7 Å². The molecule has 0 radical (unpaired) electrons. The van der Waals surface area contributed by atoms with E-state index in [1.807, 2.05) is 19.1 Å². The number of anilines is 1. The molecule has 1 fully saturated rings. The van der Waals surface area contributed by atoms with E-state index in [4.69, 9.17) is 0 Å². The molecule has 4 rings (SSSR count). The highest BCUT2D eigenvalue weighted by Crippen LogP contribution is 2.37. The zero-order valence-electron chi connectivity index (χ0n) is 15.8. The van der Waals surface area contributed by atoms with Gasteiger partial charge in [0.15, 0.2) is 0 Å². The Morgan fingerprint density at radius 2 is 2.11 bits per heavy atom. The van der Waals surface area contributed by atoms with Gasteiger partial charge in [-0.05, 0) is 48.6 Å². The lowest BCUT2D eigenvalue weighted by Gasteiger charge is -2.33. The van der Waals surface area contributed by atoms with Crippen molar-refractivity contribution in [2.24, 2.45) is 0 Å². The van der Waals surface area contributed by atoms with Gasteiger partial charge in [-0.3, -0.25) is 9.88 Å². The number of aryl methyl sites for hydroxylation is 1. The SMILES string of the molecule is Cc1ccc(NC(=O)NCc2cccc3c2CCC3N2CCNCC2)cn1. The molecule has 1 saturated heterocycles. The predicted molar refractivity (Wildman–Crippen MR) is 107 cm³/mol. The monoisotopic (exact) mass is 365 g/mol. The van der Waals surface area contributed by atoms with Crippen LogP contribution in [0, 0.1) is 6.92 Å². The lowest BCUT2D eigenvalue weighted by atomic mass is 10.0. The van der Waals surface area contributed by atoms with Gasteiger partial charge in [0.2, 0.25) is 0 Å². The van der Waals surface area contributed by atoms with Gasteiger partial charge < -0.3 is 16.0 Å². The van der Waals surface area contributed by atoms with Crippen LogP contribution in [0.4, 0.5) is 10.5 Å². The summed E-state index contributed by atoms with van der Waals surface area (Å²) in [5, 5.41) is 9.25. The summed E-state index contributed by atoms with van der Waals surface area (Å²) >= 11 is 0. The summed E-state index contributed by atoms with van der Waals surface area (Å²) in [5.74, 6) is 0. The van der Waals surface area contributed by atoms with Crippen LogP contribution in [0.1, 0.15) is 34.8 Å². The highest BCUT2D eigenvalue weighted by Gasteiger charge is 2.29. The van der Waals surface area contributed by atoms with Crippen molar-refractivity contribution < 1.29 is 4.79 Å². The molecule has 1 aromatic carbocycles. The van der Waals surface area contributed by atoms with E-state index in [0.717, 1.165) is 38.3 Å². The second-order valence-electron chi connectivity index (χ2n) is 7.32. The van der Waals surface area contributed by atoms with Crippen LogP contribution in [0.5, 0.6) is 0 Å². The first-order chi connectivity index (χ1) is 13.2. The number of fused-ring (bicyclic) bond motifs is 1. The van der Waals surface area contributed by atoms with E-state index in [1.54, 1.807) is 6.20 Å². The summed E-state index contributed by atoms with van der Waals surface area (Å²) in [6, 6.07) is 10.6. The molecule has 2 aromatic rings. The largest absolute Gasteiger partial charge is 0.334 e. The minimum atomic E-state index is -0.199. The Hall–Kier alpha value is -2.44. The summed E-state index contributed by atoms with van der Waals surface area (Å²) in [5.41, 5.74) is 5.72. The second kappa shape index (κ2) is 8.06. The molecule has 1 aliphatic heterocycles. The normalized spacial score (nSPS) is 19.5. The first-order valence-electron chi connectivity index (χ1n) is 9.73. The molecule has 0 saturated carbocycles. The number of carbonyl (C=O) groups is 1. The molecular formula is C21H27N5O. The number of amides is 2. The van der Waals surface area contributed by atoms with Crippen LogP contribution < -0.4 is 16.0 Å². The minimum Gasteiger partial charge on any atom is -0.334 e. The maximum Gasteiger partial charge on any atom is 0.319 e. The van der Waals surface area contributed by atoms with Crippen molar-refractivity contribution in [2.75, 3.05) is 31.5 Å². The fraction of sp³-hybridized carbons (Fsp3) is 0.429. The van der Waals surface area contributed by atoms with Crippen molar-refractivity contribution in [2.45, 2.75) is 32.4 Å². The van der Waals surface area contributed by atoms with E-state index in [2.05, 4.69) is 44.0 Å². The molecule has 6 nitrogen and oxygen atoms in total. The zero-order valence-corrected chi connectivity index (χ0v) is 15.8. The lowest BCUT2D eigenvalue weighted by molar-refractivity contribution is 0.173. The van der Waals surface area contributed by atoms with Gasteiger partial charge >= 0.3 is 6.03 Å². The minimum absolute atomic E-state index is 0.199. The maximum absolute atomic E-state index is 12.2. The van der Waals surface area contributed by atoms with Gasteiger partial charge in [-0.2, -0.15) is 0 Å². The number of hydrogen-bond donors (Lipinski definition) is 3. The van der Waals surface area contributed by atoms with Crippen LogP contribution in [0.25, 0.3) is 0 Å². The Balaban J connectivity index is 1.39. The van der Waals surface area contributed by atoms with E-state index in [1.165, 1.54) is 23.1 Å². The van der Waals surface area contributed by atoms with Crippen molar-refractivity contribution in [3.8, 4) is 0 Å². The molecule has 0 bridgehead atoms. The number of nitrogens with one attached hydrogen (secondary N) is 3. The first kappa shape index (κ1) is 17.9. The van der Waals surface area contributed by atoms with Gasteiger partial charge in [0, 0.05) is 44.5 Å². The van der Waals surface area contributed by atoms with Gasteiger partial charge in [-0.15, -0.1) is 0 Å². The van der Waals surface area contributed by atoms with Crippen LogP contribution in [-0.4, -0.2) is 42.1 Å². The van der Waals surface area contributed by atoms with Crippen LogP contribution >= 0.6 is 0 Å². The summed E-state index contributed by atoms with van der Waals surface area (Å²) in [6.07, 6.45) is 3.94. The maximum atomic E-state index is 12.2. The average Bonchev–Trinajstić information content (AvgIpc) is 3.13. The quantitative estimate of drug-likeness (QED) is 0.779. The molecule has 3 N–H and O–H groups in total. The predicted octanol–water partition coefficient (Wildman–Crippen LogP) is 2.60. The van der Waals surface area contributed by atoms with Gasteiger partial charge in [-0.25, -0.2) is 4.79 Å². The Morgan fingerprint density at radius 1 is 1.26 bits per heavy atom. The molecule has 1 unspecified atom stereocenters. The number of benzene rings is 1. The molecule has 6 heteroatoms. The number of urea groups is 1. The van der Waals surface area contributed by atoms with Crippen molar-refractivity contribution in [3.63, 3.8) is 0 Å². The molecule has 2 amide bonds. The average molecular weight is 365 g/mol. The van der Waals surface area contributed by atoms with Crippen LogP contribution in [0.15, 0.2) is 36.5 Å². The molecule has 142 valence electrons. The molecule has 1 aromatic heterocycles. The number of rotatable bonds is 4. The molecule has 1 aliphatic carbocycles. The van der Waals surface area contributed by atoms with Gasteiger partial charge in [0.05, 0.1) is 11.9 Å². The van der Waals surface area contributed by atoms with Crippen LogP contribution in [0.3, 0.4) is 0 Å². The van der Waals surface area contributed by atoms with Crippen LogP contribution in [0.2, 0.25) is 0 Å². The van der Waals surface area contributed by atoms with Crippen molar-refractivity contribution in [3.05, 3.63) is 58.9 Å². The molecular weight excluding hydrogens is 338 g/mol. The summed E-state index contributed by atoms with van der Waals surface area (Å²) < 4.78 is 0. The van der Waals surface area contributed by atoms with Gasteiger partial charge in [0.25, 0.3) is 0 Å². The van der Waals surface area contributed by atoms with Gasteiger partial charge in [-0.1, -0.05) is 18.2 Å². The Bertz CT molecular complexity index is 799. The van der Waals surface area contributed by atoms with Gasteiger partial charge in [0.1, 0.15) is 0 Å². The van der Waals surface area contributed by atoms with Crippen molar-refractivity contribution in [1.29, 1.82) is 0 Å². The highest BCUT2D eigenvalue weighted by atomic mass is 16.2. The smallest absolute Gasteiger partial charge is 0.319 e. The number of carbonyl (C=O) groups excluding carboxylic acids is 1. The summed E-state index contributed by atoms with van der Waals surface area (Å²) in [6.45, 7) is 6.83. The molecule has 27 heavy (non-hydrogen) atoms. The van der Waals surface area contributed by atoms with E-state index < -0.39 is 0 Å². The Kier molecular flexibility index (Phi) is 5.36. The molecule has 1 atom stereocenters. The second-order valence-corrected chi connectivity index (χ2v) is 7.32. The fourth-order valence-electron chi connectivity index (χ4n) is 4.14. The molecule has 2 heterocycles. The highest BCUT2D eigenvalue weighted by molar-refractivity contribution is 5.88. The van der Waals surface area contributed by atoms with E-state index >= 15 is 0 Å². The van der Waals surface area contributed by atoms with Crippen LogP contribution in [-0.2, 0) is 13.0 Å². The Labute approximate surface area is 160 Å². The first-order valence-corrected chi connectivity index (χ1v) is 9.73. The van der Waals surface area contributed by atoms with Crippen molar-refractivity contribution in [1.82, 2.24) is 20.5 Å². The zero-order chi connectivity index (χ0) is 18.6. The third-order valence-corrected chi connectivity index (χ3v) is 5.54.